The Hall–Kier alpha value is -3.64. The molecular weight excluding hydrogens is 360 g/mol. The molecule has 0 aliphatic rings. The highest BCUT2D eigenvalue weighted by atomic mass is 14.1. The lowest BCUT2D eigenvalue weighted by Crippen LogP contribution is -1.86. The lowest BCUT2D eigenvalue weighted by atomic mass is 9.98. The summed E-state index contributed by atoms with van der Waals surface area (Å²) in [6, 6.07) is 41.2. The van der Waals surface area contributed by atoms with E-state index < -0.39 is 0 Å². The van der Waals surface area contributed by atoms with Crippen LogP contribution in [0.25, 0.3) is 5.57 Å². The molecule has 4 aromatic rings. The van der Waals surface area contributed by atoms with Crippen molar-refractivity contribution in [3.8, 4) is 0 Å². The van der Waals surface area contributed by atoms with Gasteiger partial charge in [0, 0.05) is 0 Å². The molecule has 0 spiro atoms. The third-order valence-corrected chi connectivity index (χ3v) is 4.34. The largest absolute Gasteiger partial charge is 0.0990 e. The predicted octanol–water partition coefficient (Wildman–Crippen LogP) is 8.29. The normalized spacial score (nSPS) is 9.13. The number of aryl methyl sites for hydroxylation is 2. The molecule has 0 radical (unpaired) electrons. The fourth-order valence-electron chi connectivity index (χ4n) is 2.78. The zero-order chi connectivity index (χ0) is 21.4. The van der Waals surface area contributed by atoms with Crippen LogP contribution >= 0.6 is 0 Å². The molecule has 0 nitrogen and oxygen atoms in total. The molecule has 0 saturated carbocycles. The van der Waals surface area contributed by atoms with E-state index in [0.29, 0.717) is 0 Å². The summed E-state index contributed by atoms with van der Waals surface area (Å²) in [6.07, 6.45) is 3.88. The molecule has 0 aliphatic heterocycles. The second-order valence-electron chi connectivity index (χ2n) is 6.86. The van der Waals surface area contributed by atoms with Crippen molar-refractivity contribution in [2.45, 2.75) is 13.8 Å². The lowest BCUT2D eigenvalue weighted by Gasteiger charge is -2.07. The highest BCUT2D eigenvalue weighted by Crippen LogP contribution is 2.22. The molecule has 4 aromatic carbocycles. The van der Waals surface area contributed by atoms with Crippen LogP contribution in [-0.2, 0) is 0 Å². The third-order valence-electron chi connectivity index (χ3n) is 4.34. The van der Waals surface area contributed by atoms with Crippen LogP contribution in [0.1, 0.15) is 22.3 Å². The highest BCUT2D eigenvalue weighted by Gasteiger charge is 2.01. The maximum atomic E-state index is 3.78. The number of allylic oxidation sites excluding steroid dienone is 2. The summed E-state index contributed by atoms with van der Waals surface area (Å²) < 4.78 is 0. The van der Waals surface area contributed by atoms with Gasteiger partial charge in [-0.25, -0.2) is 0 Å². The quantitative estimate of drug-likeness (QED) is 0.309. The Morgan fingerprint density at radius 3 is 1.03 bits per heavy atom. The SMILES string of the molecule is C=CC=C(c1ccccc1)c1ccccc1.Cc1ccccc1.Cc1ccccc1. The number of benzene rings is 4. The van der Waals surface area contributed by atoms with E-state index in [0.717, 1.165) is 0 Å². The molecule has 0 unspecified atom stereocenters. The zero-order valence-corrected chi connectivity index (χ0v) is 17.9. The number of rotatable bonds is 3. The van der Waals surface area contributed by atoms with Crippen molar-refractivity contribution in [3.63, 3.8) is 0 Å². The monoisotopic (exact) mass is 390 g/mol. The average molecular weight is 391 g/mol. The Bertz CT molecular complexity index is 904. The Morgan fingerprint density at radius 1 is 0.500 bits per heavy atom. The Morgan fingerprint density at radius 2 is 0.800 bits per heavy atom. The van der Waals surface area contributed by atoms with Crippen LogP contribution in [0.2, 0.25) is 0 Å². The third kappa shape index (κ3) is 8.58. The molecule has 150 valence electrons. The molecule has 0 fully saturated rings. The first-order valence-corrected chi connectivity index (χ1v) is 10.2. The van der Waals surface area contributed by atoms with Gasteiger partial charge >= 0.3 is 0 Å². The minimum atomic E-state index is 1.20. The maximum Gasteiger partial charge on any atom is -0.0112 e. The summed E-state index contributed by atoms with van der Waals surface area (Å²) >= 11 is 0. The molecule has 0 heteroatoms. The average Bonchev–Trinajstić information content (AvgIpc) is 2.81. The van der Waals surface area contributed by atoms with Gasteiger partial charge < -0.3 is 0 Å². The molecule has 4 rings (SSSR count). The van der Waals surface area contributed by atoms with E-state index >= 15 is 0 Å². The van der Waals surface area contributed by atoms with Gasteiger partial charge in [0.05, 0.1) is 0 Å². The van der Waals surface area contributed by atoms with Gasteiger partial charge in [-0.1, -0.05) is 151 Å². The first kappa shape index (κ1) is 22.6. The van der Waals surface area contributed by atoms with Crippen molar-refractivity contribution >= 4 is 5.57 Å². The molecule has 0 N–H and O–H groups in total. The van der Waals surface area contributed by atoms with Crippen LogP contribution in [0.15, 0.2) is 140 Å². The molecule has 0 aromatic heterocycles. The smallest absolute Gasteiger partial charge is 0.0112 e. The fraction of sp³-hybridized carbons (Fsp3) is 0.0667. The molecule has 0 heterocycles. The van der Waals surface area contributed by atoms with Gasteiger partial charge in [-0.2, -0.15) is 0 Å². The van der Waals surface area contributed by atoms with Crippen LogP contribution in [0.3, 0.4) is 0 Å². The second kappa shape index (κ2) is 13.5. The summed E-state index contributed by atoms with van der Waals surface area (Å²) in [5.41, 5.74) is 6.28. The van der Waals surface area contributed by atoms with Gasteiger partial charge in [0.25, 0.3) is 0 Å². The Balaban J connectivity index is 0.000000188. The van der Waals surface area contributed by atoms with Crippen molar-refractivity contribution < 1.29 is 0 Å². The topological polar surface area (TPSA) is 0 Å². The van der Waals surface area contributed by atoms with Crippen molar-refractivity contribution in [2.24, 2.45) is 0 Å². The highest BCUT2D eigenvalue weighted by molar-refractivity contribution is 5.80. The molecule has 0 atom stereocenters. The Kier molecular flexibility index (Phi) is 10.2. The van der Waals surface area contributed by atoms with Gasteiger partial charge in [0.1, 0.15) is 0 Å². The van der Waals surface area contributed by atoms with E-state index in [4.69, 9.17) is 0 Å². The van der Waals surface area contributed by atoms with Crippen LogP contribution < -0.4 is 0 Å². The summed E-state index contributed by atoms with van der Waals surface area (Å²) in [4.78, 5) is 0. The summed E-state index contributed by atoms with van der Waals surface area (Å²) in [5.74, 6) is 0. The van der Waals surface area contributed by atoms with Gasteiger partial charge in [-0.05, 0) is 30.5 Å². The van der Waals surface area contributed by atoms with Crippen molar-refractivity contribution in [1.82, 2.24) is 0 Å². The summed E-state index contributed by atoms with van der Waals surface area (Å²) in [7, 11) is 0. The molecule has 30 heavy (non-hydrogen) atoms. The van der Waals surface area contributed by atoms with E-state index in [1.54, 1.807) is 0 Å². The van der Waals surface area contributed by atoms with E-state index in [1.165, 1.54) is 27.8 Å². The number of hydrogen-bond donors (Lipinski definition) is 0. The second-order valence-corrected chi connectivity index (χ2v) is 6.86. The minimum absolute atomic E-state index is 1.20. The fourth-order valence-corrected chi connectivity index (χ4v) is 2.78. The summed E-state index contributed by atoms with van der Waals surface area (Å²) in [6.45, 7) is 7.94. The van der Waals surface area contributed by atoms with Crippen molar-refractivity contribution in [2.75, 3.05) is 0 Å². The molecule has 0 bridgehead atoms. The lowest BCUT2D eigenvalue weighted by molar-refractivity contribution is 1.48. The van der Waals surface area contributed by atoms with Gasteiger partial charge in [-0.15, -0.1) is 0 Å². The van der Waals surface area contributed by atoms with Gasteiger partial charge in [0.2, 0.25) is 0 Å². The standard InChI is InChI=1S/C16H14.2C7H8/c1-2-9-16(14-10-5-3-6-11-14)15-12-7-4-8-13-15;2*1-7-5-3-2-4-6-7/h2-13H,1H2;2*2-6H,1H3. The molecule has 0 aliphatic carbocycles. The molecule has 0 amide bonds. The molecule has 0 saturated heterocycles. The van der Waals surface area contributed by atoms with E-state index in [9.17, 15) is 0 Å². The van der Waals surface area contributed by atoms with Crippen LogP contribution in [0.5, 0.6) is 0 Å². The van der Waals surface area contributed by atoms with Crippen LogP contribution in [0, 0.1) is 13.8 Å². The van der Waals surface area contributed by atoms with E-state index in [1.807, 2.05) is 60.7 Å². The van der Waals surface area contributed by atoms with Crippen molar-refractivity contribution in [1.29, 1.82) is 0 Å². The van der Waals surface area contributed by atoms with Gasteiger partial charge in [0.15, 0.2) is 0 Å². The number of hydrogen-bond acceptors (Lipinski definition) is 0. The van der Waals surface area contributed by atoms with Gasteiger partial charge in [-0.3, -0.25) is 0 Å². The van der Waals surface area contributed by atoms with Crippen molar-refractivity contribution in [3.05, 3.63) is 162 Å². The molecular formula is C30H30. The minimum Gasteiger partial charge on any atom is -0.0990 e. The predicted molar refractivity (Wildman–Crippen MR) is 133 cm³/mol. The van der Waals surface area contributed by atoms with E-state index in [2.05, 4.69) is 93.2 Å². The first-order chi connectivity index (χ1) is 14.7. The first-order valence-electron chi connectivity index (χ1n) is 10.2. The van der Waals surface area contributed by atoms with E-state index in [-0.39, 0.29) is 0 Å². The zero-order valence-electron chi connectivity index (χ0n) is 17.9. The van der Waals surface area contributed by atoms with Crippen LogP contribution in [0.4, 0.5) is 0 Å². The maximum absolute atomic E-state index is 3.78. The Labute approximate surface area is 181 Å². The summed E-state index contributed by atoms with van der Waals surface area (Å²) in [5, 5.41) is 0. The van der Waals surface area contributed by atoms with Crippen LogP contribution in [-0.4, -0.2) is 0 Å².